The minimum Gasteiger partial charge on any atom is -0.462 e. The minimum absolute atomic E-state index is 0.0311. The molecular weight excluding hydrogens is 944 g/mol. The van der Waals surface area contributed by atoms with Gasteiger partial charge in [-0.1, -0.05) is 174 Å². The number of aliphatic hydroxyl groups is 8. The fraction of sp³-hybridized carbons (Fsp3) is 0.923. The third kappa shape index (κ3) is 28.2. The Morgan fingerprint density at radius 2 is 0.930 bits per heavy atom. The van der Waals surface area contributed by atoms with E-state index in [9.17, 15) is 59.9 Å². The summed E-state index contributed by atoms with van der Waals surface area (Å²) in [5.74, 6) is -1.21. The normalized spacial score (nSPS) is 27.2. The standard InChI is InChI=1S/C52H97O18P/c1-3-5-7-9-11-13-15-17-19-21-22-24-26-28-30-32-34-41(54)65-37-39(67-42(55)35-33-31-29-27-25-23-20-18-16-14-12-10-8-6-4-2)38-66-71(63,64)70-51-48(61)46(59)45(58)47(60)50(51)69-52-49(62)44(57)43(56)40(36-53)68-52/h14,16,39-40,43-53,56-62H,3-13,15,17-38H2,1-2H3,(H,63,64). The topological polar surface area (TPSA) is 289 Å². The van der Waals surface area contributed by atoms with Crippen molar-refractivity contribution in [1.29, 1.82) is 0 Å². The Balaban J connectivity index is 1.91. The van der Waals surface area contributed by atoms with Crippen LogP contribution in [0.2, 0.25) is 0 Å². The molecule has 13 atom stereocenters. The second kappa shape index (κ2) is 39.8. The molecule has 2 fully saturated rings. The summed E-state index contributed by atoms with van der Waals surface area (Å²) in [6, 6.07) is 0. The second-order valence-electron chi connectivity index (χ2n) is 19.8. The molecule has 1 heterocycles. The monoisotopic (exact) mass is 1040 g/mol. The van der Waals surface area contributed by atoms with E-state index in [0.29, 0.717) is 12.8 Å². The van der Waals surface area contributed by atoms with Gasteiger partial charge in [-0.25, -0.2) is 4.57 Å². The van der Waals surface area contributed by atoms with Crippen molar-refractivity contribution in [3.05, 3.63) is 12.2 Å². The first kappa shape index (κ1) is 65.5. The van der Waals surface area contributed by atoms with E-state index in [1.807, 2.05) is 0 Å². The van der Waals surface area contributed by atoms with Crippen LogP contribution in [0.3, 0.4) is 0 Å². The number of esters is 2. The van der Waals surface area contributed by atoms with Gasteiger partial charge in [0.15, 0.2) is 12.4 Å². The summed E-state index contributed by atoms with van der Waals surface area (Å²) in [6.07, 6.45) is 14.2. The Hall–Kier alpha value is -1.61. The van der Waals surface area contributed by atoms with Crippen molar-refractivity contribution in [1.82, 2.24) is 0 Å². The van der Waals surface area contributed by atoms with E-state index in [1.165, 1.54) is 96.3 Å². The molecule has 0 bridgehead atoms. The van der Waals surface area contributed by atoms with Gasteiger partial charge < -0.3 is 64.7 Å². The van der Waals surface area contributed by atoms with Gasteiger partial charge in [0.1, 0.15) is 67.6 Å². The Morgan fingerprint density at radius 1 is 0.521 bits per heavy atom. The highest BCUT2D eigenvalue weighted by molar-refractivity contribution is 7.47. The quantitative estimate of drug-likeness (QED) is 0.0126. The molecule has 0 aromatic rings. The molecule has 0 radical (unpaired) electrons. The van der Waals surface area contributed by atoms with E-state index in [1.54, 1.807) is 0 Å². The van der Waals surface area contributed by atoms with Crippen LogP contribution in [0.15, 0.2) is 12.2 Å². The first-order chi connectivity index (χ1) is 34.2. The molecule has 1 saturated heterocycles. The first-order valence-electron chi connectivity index (χ1n) is 27.5. The number of phosphoric ester groups is 1. The van der Waals surface area contributed by atoms with Gasteiger partial charge in [-0.15, -0.1) is 0 Å². The molecule has 13 unspecified atom stereocenters. The van der Waals surface area contributed by atoms with Crippen molar-refractivity contribution in [2.45, 2.75) is 286 Å². The highest BCUT2D eigenvalue weighted by Gasteiger charge is 2.55. The average molecular weight is 1040 g/mol. The van der Waals surface area contributed by atoms with E-state index in [2.05, 4.69) is 26.0 Å². The molecule has 18 nitrogen and oxygen atoms in total. The predicted molar refractivity (Wildman–Crippen MR) is 268 cm³/mol. The largest absolute Gasteiger partial charge is 0.472 e. The Kier molecular flexibility index (Phi) is 36.7. The molecule has 71 heavy (non-hydrogen) atoms. The third-order valence-electron chi connectivity index (χ3n) is 13.5. The zero-order chi connectivity index (χ0) is 52.3. The smallest absolute Gasteiger partial charge is 0.462 e. The van der Waals surface area contributed by atoms with Crippen molar-refractivity contribution in [3.8, 4) is 0 Å². The zero-order valence-corrected chi connectivity index (χ0v) is 44.2. The van der Waals surface area contributed by atoms with E-state index in [0.717, 1.165) is 77.0 Å². The lowest BCUT2D eigenvalue weighted by molar-refractivity contribution is -0.338. The molecule has 0 amide bonds. The number of carbonyl (C=O) groups is 2. The Labute approximate surface area is 424 Å². The number of hydrogen-bond acceptors (Lipinski definition) is 17. The number of phosphoric acid groups is 1. The molecule has 1 aliphatic heterocycles. The first-order valence-corrected chi connectivity index (χ1v) is 29.0. The summed E-state index contributed by atoms with van der Waals surface area (Å²) in [5, 5.41) is 83.1. The van der Waals surface area contributed by atoms with E-state index in [4.69, 9.17) is 28.0 Å². The third-order valence-corrected chi connectivity index (χ3v) is 14.5. The number of ether oxygens (including phenoxy) is 4. The maximum atomic E-state index is 13.4. The van der Waals surface area contributed by atoms with Crippen LogP contribution in [0.4, 0.5) is 0 Å². The van der Waals surface area contributed by atoms with E-state index >= 15 is 0 Å². The van der Waals surface area contributed by atoms with Gasteiger partial charge in [0.05, 0.1) is 13.2 Å². The lowest BCUT2D eigenvalue weighted by Gasteiger charge is -2.47. The molecule has 1 saturated carbocycles. The fourth-order valence-electron chi connectivity index (χ4n) is 8.93. The summed E-state index contributed by atoms with van der Waals surface area (Å²) >= 11 is 0. The molecule has 1 aliphatic carbocycles. The summed E-state index contributed by atoms with van der Waals surface area (Å²) < 4.78 is 45.6. The van der Waals surface area contributed by atoms with Crippen LogP contribution in [0.25, 0.3) is 0 Å². The molecular formula is C52H97O18P. The van der Waals surface area contributed by atoms with Gasteiger partial charge in [-0.2, -0.15) is 0 Å². The maximum Gasteiger partial charge on any atom is 0.472 e. The van der Waals surface area contributed by atoms with Gasteiger partial charge in [-0.3, -0.25) is 18.6 Å². The molecule has 0 aromatic carbocycles. The van der Waals surface area contributed by atoms with E-state index in [-0.39, 0.29) is 12.8 Å². The maximum absolute atomic E-state index is 13.4. The minimum atomic E-state index is -5.37. The van der Waals surface area contributed by atoms with Crippen LogP contribution in [-0.4, -0.2) is 151 Å². The number of unbranched alkanes of at least 4 members (excludes halogenated alkanes) is 26. The van der Waals surface area contributed by atoms with Crippen molar-refractivity contribution >= 4 is 19.8 Å². The number of rotatable bonds is 43. The number of hydrogen-bond donors (Lipinski definition) is 9. The van der Waals surface area contributed by atoms with Crippen LogP contribution in [0.5, 0.6) is 0 Å². The van der Waals surface area contributed by atoms with Gasteiger partial charge in [0, 0.05) is 12.8 Å². The summed E-state index contributed by atoms with van der Waals surface area (Å²) in [6.45, 7) is 2.24. The van der Waals surface area contributed by atoms with Crippen molar-refractivity contribution in [3.63, 3.8) is 0 Å². The van der Waals surface area contributed by atoms with Crippen LogP contribution < -0.4 is 0 Å². The molecule has 2 rings (SSSR count). The number of carbonyl (C=O) groups excluding carboxylic acids is 2. The highest BCUT2D eigenvalue weighted by Crippen LogP contribution is 2.48. The van der Waals surface area contributed by atoms with Crippen LogP contribution in [0.1, 0.15) is 213 Å². The van der Waals surface area contributed by atoms with Crippen molar-refractivity contribution in [2.24, 2.45) is 0 Å². The van der Waals surface area contributed by atoms with Crippen molar-refractivity contribution in [2.75, 3.05) is 19.8 Å². The summed E-state index contributed by atoms with van der Waals surface area (Å²) in [7, 11) is -5.37. The predicted octanol–water partition coefficient (Wildman–Crippen LogP) is 7.28. The second-order valence-corrected chi connectivity index (χ2v) is 21.2. The average Bonchev–Trinajstić information content (AvgIpc) is 3.35. The lowest BCUT2D eigenvalue weighted by atomic mass is 9.84. The Bertz CT molecular complexity index is 1420. The van der Waals surface area contributed by atoms with Gasteiger partial charge >= 0.3 is 19.8 Å². The highest BCUT2D eigenvalue weighted by atomic mass is 31.2. The summed E-state index contributed by atoms with van der Waals surface area (Å²) in [4.78, 5) is 36.6. The van der Waals surface area contributed by atoms with Crippen LogP contribution in [0, 0.1) is 0 Å². The zero-order valence-electron chi connectivity index (χ0n) is 43.3. The Morgan fingerprint density at radius 3 is 1.41 bits per heavy atom. The molecule has 19 heteroatoms. The molecule has 9 N–H and O–H groups in total. The van der Waals surface area contributed by atoms with Crippen LogP contribution in [-0.2, 0) is 42.1 Å². The molecule has 2 aliphatic rings. The molecule has 0 spiro atoms. The number of aliphatic hydroxyl groups excluding tert-OH is 8. The molecule has 0 aromatic heterocycles. The fourth-order valence-corrected chi connectivity index (χ4v) is 9.90. The van der Waals surface area contributed by atoms with Gasteiger partial charge in [0.25, 0.3) is 0 Å². The van der Waals surface area contributed by atoms with Gasteiger partial charge in [0.2, 0.25) is 0 Å². The lowest BCUT2D eigenvalue weighted by Crippen LogP contribution is -2.67. The number of allylic oxidation sites excluding steroid dienone is 2. The van der Waals surface area contributed by atoms with Crippen LogP contribution >= 0.6 is 7.82 Å². The summed E-state index contributed by atoms with van der Waals surface area (Å²) in [5.41, 5.74) is 0. The van der Waals surface area contributed by atoms with E-state index < -0.39 is 113 Å². The SMILES string of the molecule is CCCCCCC=CCCCCCCCCCC(=O)OC(COC(=O)CCCCCCCCCCCCCCCCCC)COP(=O)(O)OC1C(O)C(O)C(O)C(O)C1OC1OC(CO)C(O)C(O)C1O. The van der Waals surface area contributed by atoms with Crippen molar-refractivity contribution < 1.29 is 87.9 Å². The molecule has 418 valence electrons. The van der Waals surface area contributed by atoms with Gasteiger partial charge in [-0.05, 0) is 38.5 Å².